The van der Waals surface area contributed by atoms with Crippen LogP contribution in [-0.2, 0) is 23.5 Å². The summed E-state index contributed by atoms with van der Waals surface area (Å²) in [4.78, 5) is 11.9. The number of aryl methyl sites for hydroxylation is 1. The lowest BCUT2D eigenvalue weighted by molar-refractivity contribution is 0.0220. The van der Waals surface area contributed by atoms with Crippen molar-refractivity contribution in [2.75, 3.05) is 6.61 Å². The van der Waals surface area contributed by atoms with Crippen LogP contribution in [0.3, 0.4) is 0 Å². The number of carbonyl (C=O) groups is 1. The molecule has 0 saturated heterocycles. The highest BCUT2D eigenvalue weighted by Gasteiger charge is 2.41. The quantitative estimate of drug-likeness (QED) is 0.233. The molecule has 0 fully saturated rings. The lowest BCUT2D eigenvalue weighted by atomic mass is 9.78. The molecule has 0 amide bonds. The zero-order chi connectivity index (χ0) is 28.5. The summed E-state index contributed by atoms with van der Waals surface area (Å²) in [6, 6.07) is 3.02. The van der Waals surface area contributed by atoms with Crippen LogP contribution in [0, 0.1) is 6.92 Å². The van der Waals surface area contributed by atoms with Crippen molar-refractivity contribution in [2.24, 2.45) is 0 Å². The standard InChI is InChI=1S/C27H49O7PSi/c1-19-17-20(23(28)29)18-21(32-35(30,33-24(2,3)4)34-25(5,6)7)22(19)27(11,12)15-16-31-36(13,14)26(8,9)10/h17-18H,15-16H2,1-14H3,(H,28,29). The summed E-state index contributed by atoms with van der Waals surface area (Å²) in [6.07, 6.45) is 0.660. The van der Waals surface area contributed by atoms with Crippen LogP contribution >= 0.6 is 7.82 Å². The third kappa shape index (κ3) is 9.60. The highest BCUT2D eigenvalue weighted by molar-refractivity contribution is 7.49. The molecule has 0 saturated carbocycles. The number of carboxylic acid groups (broad SMARTS) is 1. The van der Waals surface area contributed by atoms with Crippen molar-refractivity contribution in [3.8, 4) is 5.75 Å². The van der Waals surface area contributed by atoms with Gasteiger partial charge in [-0.1, -0.05) is 34.6 Å². The Labute approximate surface area is 220 Å². The molecule has 9 heteroatoms. The first-order chi connectivity index (χ1) is 15.8. The summed E-state index contributed by atoms with van der Waals surface area (Å²) in [5, 5.41) is 9.79. The monoisotopic (exact) mass is 544 g/mol. The molecule has 36 heavy (non-hydrogen) atoms. The molecule has 0 aliphatic rings. The van der Waals surface area contributed by atoms with E-state index in [0.29, 0.717) is 13.0 Å². The Hall–Kier alpha value is -1.18. The molecular formula is C27H49O7PSi. The Kier molecular flexibility index (Phi) is 9.94. The van der Waals surface area contributed by atoms with E-state index in [2.05, 4.69) is 47.7 Å². The average Bonchev–Trinajstić information content (AvgIpc) is 2.55. The van der Waals surface area contributed by atoms with Crippen molar-refractivity contribution >= 4 is 22.1 Å². The van der Waals surface area contributed by atoms with Crippen LogP contribution in [0.2, 0.25) is 18.1 Å². The number of aromatic carboxylic acids is 1. The topological polar surface area (TPSA) is 91.3 Å². The molecule has 0 radical (unpaired) electrons. The van der Waals surface area contributed by atoms with E-state index in [1.165, 1.54) is 6.07 Å². The molecule has 208 valence electrons. The summed E-state index contributed by atoms with van der Waals surface area (Å²) < 4.78 is 38.0. The van der Waals surface area contributed by atoms with E-state index in [0.717, 1.165) is 11.1 Å². The number of benzene rings is 1. The molecule has 0 atom stereocenters. The van der Waals surface area contributed by atoms with Crippen molar-refractivity contribution in [1.82, 2.24) is 0 Å². The minimum atomic E-state index is -4.14. The summed E-state index contributed by atoms with van der Waals surface area (Å²) >= 11 is 0. The smallest absolute Gasteiger partial charge is 0.478 e. The van der Waals surface area contributed by atoms with Gasteiger partial charge in [0.15, 0.2) is 8.32 Å². The Morgan fingerprint density at radius 2 is 1.39 bits per heavy atom. The first-order valence-corrected chi connectivity index (χ1v) is 16.9. The van der Waals surface area contributed by atoms with E-state index in [4.69, 9.17) is 18.0 Å². The fourth-order valence-electron chi connectivity index (χ4n) is 3.57. The van der Waals surface area contributed by atoms with Gasteiger partial charge in [-0.25, -0.2) is 9.36 Å². The minimum absolute atomic E-state index is 0.0395. The predicted molar refractivity (Wildman–Crippen MR) is 149 cm³/mol. The zero-order valence-corrected chi connectivity index (χ0v) is 26.8. The van der Waals surface area contributed by atoms with Gasteiger partial charge in [-0.2, -0.15) is 0 Å². The first kappa shape index (κ1) is 32.8. The van der Waals surface area contributed by atoms with Gasteiger partial charge >= 0.3 is 13.8 Å². The summed E-state index contributed by atoms with van der Waals surface area (Å²) in [6.45, 7) is 28.1. The van der Waals surface area contributed by atoms with E-state index in [-0.39, 0.29) is 16.4 Å². The fraction of sp³-hybridized carbons (Fsp3) is 0.741. The lowest BCUT2D eigenvalue weighted by Crippen LogP contribution is -2.41. The maximum absolute atomic E-state index is 13.9. The van der Waals surface area contributed by atoms with Crippen LogP contribution in [0.15, 0.2) is 12.1 Å². The number of carboxylic acids is 1. The van der Waals surface area contributed by atoms with Gasteiger partial charge in [0.2, 0.25) is 0 Å². The number of hydrogen-bond donors (Lipinski definition) is 1. The van der Waals surface area contributed by atoms with Gasteiger partial charge in [0, 0.05) is 12.2 Å². The molecule has 0 heterocycles. The van der Waals surface area contributed by atoms with Crippen LogP contribution in [0.4, 0.5) is 0 Å². The fourth-order valence-corrected chi connectivity index (χ4v) is 6.45. The van der Waals surface area contributed by atoms with Crippen LogP contribution in [-0.4, -0.2) is 37.2 Å². The van der Waals surface area contributed by atoms with Gasteiger partial charge in [-0.15, -0.1) is 0 Å². The molecule has 0 aromatic heterocycles. The maximum atomic E-state index is 13.9. The van der Waals surface area contributed by atoms with Crippen molar-refractivity contribution in [2.45, 2.75) is 124 Å². The van der Waals surface area contributed by atoms with Crippen LogP contribution < -0.4 is 4.52 Å². The summed E-state index contributed by atoms with van der Waals surface area (Å²) in [5.41, 5.74) is -0.619. The SMILES string of the molecule is Cc1cc(C(=O)O)cc(OP(=O)(OC(C)(C)C)OC(C)(C)C)c1C(C)(C)CCO[Si](C)(C)C(C)(C)C. The largest absolute Gasteiger partial charge is 0.531 e. The normalized spacial score (nSPS) is 14.2. The Morgan fingerprint density at radius 1 is 0.917 bits per heavy atom. The highest BCUT2D eigenvalue weighted by Crippen LogP contribution is 2.57. The van der Waals surface area contributed by atoms with E-state index < -0.39 is 38.7 Å². The predicted octanol–water partition coefficient (Wildman–Crippen LogP) is 8.50. The van der Waals surface area contributed by atoms with E-state index >= 15 is 0 Å². The number of hydrogen-bond acceptors (Lipinski definition) is 6. The van der Waals surface area contributed by atoms with Gasteiger partial charge in [0.05, 0.1) is 16.8 Å². The van der Waals surface area contributed by atoms with Crippen LogP contribution in [0.1, 0.15) is 104 Å². The van der Waals surface area contributed by atoms with Gasteiger partial charge in [-0.3, -0.25) is 9.05 Å². The molecule has 0 aliphatic carbocycles. The number of phosphoric acid groups is 1. The Morgan fingerprint density at radius 3 is 1.78 bits per heavy atom. The Bertz CT molecular complexity index is 960. The van der Waals surface area contributed by atoms with Gasteiger partial charge in [-0.05, 0) is 96.1 Å². The molecule has 1 aromatic rings. The molecular weight excluding hydrogens is 495 g/mol. The minimum Gasteiger partial charge on any atom is -0.478 e. The summed E-state index contributed by atoms with van der Waals surface area (Å²) in [5.74, 6) is -0.918. The highest BCUT2D eigenvalue weighted by atomic mass is 31.2. The number of rotatable bonds is 10. The third-order valence-corrected chi connectivity index (χ3v) is 12.7. The average molecular weight is 545 g/mol. The molecule has 0 aliphatic heterocycles. The molecule has 7 nitrogen and oxygen atoms in total. The zero-order valence-electron chi connectivity index (χ0n) is 24.9. The van der Waals surface area contributed by atoms with Crippen LogP contribution in [0.5, 0.6) is 5.75 Å². The van der Waals surface area contributed by atoms with E-state index in [1.54, 1.807) is 47.6 Å². The lowest BCUT2D eigenvalue weighted by Gasteiger charge is -2.38. The second-order valence-electron chi connectivity index (χ2n) is 13.7. The molecule has 0 unspecified atom stereocenters. The molecule has 0 bridgehead atoms. The molecule has 0 spiro atoms. The van der Waals surface area contributed by atoms with Crippen molar-refractivity contribution in [3.05, 3.63) is 28.8 Å². The molecule has 1 rings (SSSR count). The van der Waals surface area contributed by atoms with E-state index in [9.17, 15) is 14.5 Å². The van der Waals surface area contributed by atoms with Gasteiger partial charge in [0.25, 0.3) is 0 Å². The molecule has 1 aromatic carbocycles. The second kappa shape index (κ2) is 10.9. The van der Waals surface area contributed by atoms with E-state index in [1.807, 2.05) is 6.92 Å². The molecule has 1 N–H and O–H groups in total. The van der Waals surface area contributed by atoms with Gasteiger partial charge in [0.1, 0.15) is 5.75 Å². The maximum Gasteiger partial charge on any atom is 0.531 e. The number of phosphoric ester groups is 1. The summed E-state index contributed by atoms with van der Waals surface area (Å²) in [7, 11) is -6.08. The van der Waals surface area contributed by atoms with Crippen molar-refractivity contribution in [1.29, 1.82) is 0 Å². The Balaban J connectivity index is 3.55. The van der Waals surface area contributed by atoms with Gasteiger partial charge < -0.3 is 14.1 Å². The van der Waals surface area contributed by atoms with Crippen molar-refractivity contribution < 1.29 is 32.5 Å². The first-order valence-electron chi connectivity index (χ1n) is 12.5. The van der Waals surface area contributed by atoms with Crippen molar-refractivity contribution in [3.63, 3.8) is 0 Å². The second-order valence-corrected chi connectivity index (χ2v) is 19.9. The van der Waals surface area contributed by atoms with Crippen LogP contribution in [0.25, 0.3) is 0 Å². The third-order valence-electron chi connectivity index (χ3n) is 6.20.